The topological polar surface area (TPSA) is 73.8 Å². The van der Waals surface area contributed by atoms with Crippen molar-refractivity contribution in [3.05, 3.63) is 52.5 Å². The lowest BCUT2D eigenvalue weighted by Gasteiger charge is -2.23. The Morgan fingerprint density at radius 3 is 2.65 bits per heavy atom. The number of carbonyl (C=O) groups is 2. The monoisotopic (exact) mass is 410 g/mol. The summed E-state index contributed by atoms with van der Waals surface area (Å²) in [6, 6.07) is 12.0. The van der Waals surface area contributed by atoms with Gasteiger partial charge in [0.2, 0.25) is 5.91 Å². The van der Waals surface area contributed by atoms with E-state index in [2.05, 4.69) is 15.8 Å². The maximum Gasteiger partial charge on any atom is 0.253 e. The summed E-state index contributed by atoms with van der Waals surface area (Å²) in [4.78, 5) is 30.2. The van der Waals surface area contributed by atoms with Crippen LogP contribution in [-0.4, -0.2) is 23.5 Å². The van der Waals surface area contributed by atoms with Crippen molar-refractivity contribution in [2.45, 2.75) is 6.42 Å². The van der Waals surface area contributed by atoms with E-state index < -0.39 is 5.91 Å². The average molecular weight is 412 g/mol. The number of amides is 2. The molecule has 2 aromatic carbocycles. The molecule has 0 aliphatic carbocycles. The fourth-order valence-corrected chi connectivity index (χ4v) is 2.91. The molecule has 1 heterocycles. The first kappa shape index (κ1) is 18.5. The first-order valence-corrected chi connectivity index (χ1v) is 8.84. The minimum absolute atomic E-state index is 0.0832. The fourth-order valence-electron chi connectivity index (χ4n) is 2.46. The summed E-state index contributed by atoms with van der Waals surface area (Å²) >= 11 is 17.9. The molecule has 0 bridgehead atoms. The maximum absolute atomic E-state index is 12.9. The normalized spacial score (nSPS) is 13.6. The van der Waals surface area contributed by atoms with E-state index in [1.54, 1.807) is 42.5 Å². The number of alkyl halides is 1. The summed E-state index contributed by atoms with van der Waals surface area (Å²) in [7, 11) is 0. The predicted molar refractivity (Wildman–Crippen MR) is 104 cm³/mol. The second-order valence-corrected chi connectivity index (χ2v) is 6.47. The molecular weight excluding hydrogens is 399 g/mol. The van der Waals surface area contributed by atoms with Crippen molar-refractivity contribution in [3.8, 4) is 0 Å². The summed E-state index contributed by atoms with van der Waals surface area (Å²) in [6.45, 7) is 0. The van der Waals surface area contributed by atoms with Gasteiger partial charge in [-0.2, -0.15) is 0 Å². The molecule has 2 aromatic rings. The molecule has 0 unspecified atom stereocenters. The second-order valence-electron chi connectivity index (χ2n) is 5.36. The number of halogens is 3. The minimum Gasteiger partial charge on any atom is -0.285 e. The van der Waals surface area contributed by atoms with Gasteiger partial charge in [0.1, 0.15) is 11.7 Å². The van der Waals surface area contributed by atoms with Crippen molar-refractivity contribution in [3.63, 3.8) is 0 Å². The summed E-state index contributed by atoms with van der Waals surface area (Å²) in [6.07, 6.45) is -0.0832. The fraction of sp³-hybridized carbons (Fsp3) is 0.118. The lowest BCUT2D eigenvalue weighted by atomic mass is 10.2. The van der Waals surface area contributed by atoms with Gasteiger partial charge in [0.05, 0.1) is 28.5 Å². The van der Waals surface area contributed by atoms with Crippen LogP contribution in [0.15, 0.2) is 47.5 Å². The zero-order chi connectivity index (χ0) is 18.7. The molecule has 134 valence electrons. The van der Waals surface area contributed by atoms with Crippen molar-refractivity contribution in [2.24, 2.45) is 4.99 Å². The third kappa shape index (κ3) is 3.93. The summed E-state index contributed by atoms with van der Waals surface area (Å²) in [5.41, 5.74) is 6.54. The number of para-hydroxylation sites is 1. The van der Waals surface area contributed by atoms with Crippen molar-refractivity contribution in [2.75, 3.05) is 10.8 Å². The van der Waals surface area contributed by atoms with Gasteiger partial charge in [0, 0.05) is 5.02 Å². The Morgan fingerprint density at radius 2 is 1.92 bits per heavy atom. The van der Waals surface area contributed by atoms with Gasteiger partial charge in [-0.25, -0.2) is 4.99 Å². The molecule has 0 aromatic heterocycles. The smallest absolute Gasteiger partial charge is 0.253 e. The van der Waals surface area contributed by atoms with Crippen LogP contribution in [0.25, 0.3) is 0 Å². The van der Waals surface area contributed by atoms with Crippen LogP contribution in [0.4, 0.5) is 17.1 Å². The number of anilines is 2. The van der Waals surface area contributed by atoms with E-state index in [-0.39, 0.29) is 24.0 Å². The number of rotatable bonds is 2. The predicted octanol–water partition coefficient (Wildman–Crippen LogP) is 3.95. The Balaban J connectivity index is 2.05. The van der Waals surface area contributed by atoms with Crippen LogP contribution in [0, 0.1) is 0 Å². The number of nitrogens with one attached hydrogen (secondary N) is 2. The number of amidine groups is 1. The average Bonchev–Trinajstić information content (AvgIpc) is 2.76. The quantitative estimate of drug-likeness (QED) is 0.580. The Morgan fingerprint density at radius 1 is 1.15 bits per heavy atom. The van der Waals surface area contributed by atoms with E-state index in [1.807, 2.05) is 0 Å². The van der Waals surface area contributed by atoms with Crippen LogP contribution in [0.5, 0.6) is 0 Å². The van der Waals surface area contributed by atoms with Crippen LogP contribution < -0.4 is 15.8 Å². The number of hydrogen-bond donors (Lipinski definition) is 2. The highest BCUT2D eigenvalue weighted by molar-refractivity contribution is 6.35. The molecule has 0 atom stereocenters. The van der Waals surface area contributed by atoms with Gasteiger partial charge in [0.25, 0.3) is 5.91 Å². The van der Waals surface area contributed by atoms with Gasteiger partial charge in [0.15, 0.2) is 0 Å². The largest absolute Gasteiger partial charge is 0.285 e. The summed E-state index contributed by atoms with van der Waals surface area (Å²) in [5.74, 6) is -0.672. The van der Waals surface area contributed by atoms with E-state index in [0.717, 1.165) is 0 Å². The van der Waals surface area contributed by atoms with Crippen LogP contribution in [-0.2, 0) is 9.59 Å². The first-order chi connectivity index (χ1) is 12.5. The molecule has 1 aliphatic rings. The van der Waals surface area contributed by atoms with Crippen molar-refractivity contribution < 1.29 is 9.59 Å². The standard InChI is InChI=1S/C17H13Cl3N4O2/c18-9-16(25)23-22-15-8-17(26)24(13-4-2-1-3-11(13)20)14-7-10(19)5-6-12(14)21-15/h1-7H,8-9H2,(H,21,22)(H,23,25). The zero-order valence-electron chi connectivity index (χ0n) is 13.3. The highest BCUT2D eigenvalue weighted by Crippen LogP contribution is 2.40. The number of hydrogen-bond acceptors (Lipinski definition) is 4. The number of nitrogens with zero attached hydrogens (tertiary/aromatic N) is 2. The number of benzene rings is 2. The number of hydrazine groups is 1. The van der Waals surface area contributed by atoms with E-state index in [4.69, 9.17) is 34.8 Å². The molecule has 26 heavy (non-hydrogen) atoms. The lowest BCUT2D eigenvalue weighted by molar-refractivity contribution is -0.119. The molecule has 0 radical (unpaired) electrons. The molecule has 0 saturated carbocycles. The summed E-state index contributed by atoms with van der Waals surface area (Å²) in [5, 5.41) is 0.870. The van der Waals surface area contributed by atoms with Gasteiger partial charge in [-0.1, -0.05) is 35.3 Å². The van der Waals surface area contributed by atoms with Gasteiger partial charge in [-0.3, -0.25) is 25.3 Å². The molecule has 0 spiro atoms. The molecule has 6 nitrogen and oxygen atoms in total. The number of aliphatic imine (C=N–C) groups is 1. The highest BCUT2D eigenvalue weighted by atomic mass is 35.5. The van der Waals surface area contributed by atoms with Crippen LogP contribution >= 0.6 is 34.8 Å². The van der Waals surface area contributed by atoms with Crippen molar-refractivity contribution in [1.29, 1.82) is 0 Å². The SMILES string of the molecule is O=C(CCl)NNC1=Nc2ccc(Cl)cc2N(c2ccccc2Cl)C(=O)C1. The van der Waals surface area contributed by atoms with Crippen LogP contribution in [0.1, 0.15) is 6.42 Å². The number of fused-ring (bicyclic) bond motifs is 1. The van der Waals surface area contributed by atoms with E-state index >= 15 is 0 Å². The van der Waals surface area contributed by atoms with E-state index in [1.165, 1.54) is 4.90 Å². The minimum atomic E-state index is -0.439. The maximum atomic E-state index is 12.9. The molecule has 9 heteroatoms. The third-order valence-corrected chi connectivity index (χ3v) is 4.36. The molecule has 1 aliphatic heterocycles. The van der Waals surface area contributed by atoms with Crippen molar-refractivity contribution in [1.82, 2.24) is 10.9 Å². The molecule has 3 rings (SSSR count). The molecule has 2 N–H and O–H groups in total. The van der Waals surface area contributed by atoms with Crippen LogP contribution in [0.3, 0.4) is 0 Å². The zero-order valence-corrected chi connectivity index (χ0v) is 15.6. The molecule has 0 fully saturated rings. The molecular formula is C17H13Cl3N4O2. The molecule has 0 saturated heterocycles. The Hall–Kier alpha value is -2.28. The van der Waals surface area contributed by atoms with Gasteiger partial charge >= 0.3 is 0 Å². The van der Waals surface area contributed by atoms with E-state index in [0.29, 0.717) is 27.1 Å². The van der Waals surface area contributed by atoms with Crippen molar-refractivity contribution >= 4 is 69.5 Å². The van der Waals surface area contributed by atoms with E-state index in [9.17, 15) is 9.59 Å². The Bertz CT molecular complexity index is 901. The first-order valence-electron chi connectivity index (χ1n) is 7.55. The third-order valence-electron chi connectivity index (χ3n) is 3.56. The Kier molecular flexibility index (Phi) is 5.66. The number of carbonyl (C=O) groups excluding carboxylic acids is 2. The Labute approximate surface area is 164 Å². The highest BCUT2D eigenvalue weighted by Gasteiger charge is 2.27. The van der Waals surface area contributed by atoms with Gasteiger partial charge in [-0.05, 0) is 30.3 Å². The molecule has 2 amide bonds. The van der Waals surface area contributed by atoms with Gasteiger partial charge < -0.3 is 0 Å². The summed E-state index contributed by atoms with van der Waals surface area (Å²) < 4.78 is 0. The van der Waals surface area contributed by atoms with Crippen LogP contribution in [0.2, 0.25) is 10.0 Å². The second kappa shape index (κ2) is 7.95. The lowest BCUT2D eigenvalue weighted by Crippen LogP contribution is -2.43. The van der Waals surface area contributed by atoms with Gasteiger partial charge in [-0.15, -0.1) is 11.6 Å².